The van der Waals surface area contributed by atoms with Crippen LogP contribution >= 0.6 is 0 Å². The number of carboxylic acid groups (broad SMARTS) is 1. The van der Waals surface area contributed by atoms with Crippen molar-refractivity contribution in [3.05, 3.63) is 70.8 Å². The molecule has 1 aromatic carbocycles. The summed E-state index contributed by atoms with van der Waals surface area (Å²) in [7, 11) is 0. The number of rotatable bonds is 18. The summed E-state index contributed by atoms with van der Waals surface area (Å²) in [5.41, 5.74) is -3.56. The number of hydrogen-bond acceptors (Lipinski definition) is 23. The highest BCUT2D eigenvalue weighted by atomic mass is 16.8. The number of allylic oxidation sites excluding steroid dienone is 4. The lowest BCUT2D eigenvalue weighted by atomic mass is 9.32. The van der Waals surface area contributed by atoms with Crippen LogP contribution in [0.5, 0.6) is 0 Å². The molecule has 26 atom stereocenters. The number of carbonyl (C=O) groups is 4. The zero-order chi connectivity index (χ0) is 66.1. The maximum absolute atomic E-state index is 14.4. The summed E-state index contributed by atoms with van der Waals surface area (Å²) >= 11 is 0. The average molecular weight is 1270 g/mol. The normalized spacial score (nSPS) is 44.5. The number of carboxylic acids is 1. The third kappa shape index (κ3) is 12.0. The Labute approximate surface area is 525 Å². The Morgan fingerprint density at radius 1 is 0.633 bits per heavy atom. The number of aliphatic hydroxyl groups is 10. The Hall–Kier alpha value is -4.32. The van der Waals surface area contributed by atoms with Gasteiger partial charge < -0.3 is 98.8 Å². The van der Waals surface area contributed by atoms with Gasteiger partial charge in [0.25, 0.3) is 0 Å². The minimum absolute atomic E-state index is 0.183. The molecule has 0 bridgehead atoms. The van der Waals surface area contributed by atoms with Crippen LogP contribution in [0.25, 0.3) is 0 Å². The fraction of sp³-hybridized carbons (Fsp3) is 0.758. The number of ether oxygens (including phenoxy) is 9. The van der Waals surface area contributed by atoms with Crippen LogP contribution in [0.4, 0.5) is 0 Å². The minimum atomic E-state index is -2.09. The van der Waals surface area contributed by atoms with Gasteiger partial charge in [0, 0.05) is 23.3 Å². The standard InChI is InChI=1S/C66H96O24/c1-31(2)17-15-16-18-32(3)56(80)89-53-54(90-57(81)34-19-13-12-14-20-34)66(30-69)36(27-61(53,5)6)35-21-22-40-63(9)25-24-41(62(7,8)39(63)23-26-64(40,10)65(35,11)51(76)52(66)77)85-60-50(88-59-46(75)44(73)42(71)37(28-67)83-59)48(82-33(4)70)47(49(87-60)55(78)79)86-58-45(74)43(72)38(29-68)84-58/h12-14,17-21,36-54,58-60,67-69,71-77H,15-16,22-30H2,1-11H3,(H,78,79)/b32-18-/t36-,37+,38-,39-,40+,41-,42+,43-,44-,45+,46+,47-,48-,49-,50+,51-,52+,53-,54-,58-,59-,60+,63-,64+,65-,66-/m0/s1. The highest BCUT2D eigenvalue weighted by Gasteiger charge is 2.76. The van der Waals surface area contributed by atoms with E-state index in [-0.39, 0.29) is 23.8 Å². The second-order valence-electron chi connectivity index (χ2n) is 28.8. The monoisotopic (exact) mass is 1270 g/mol. The van der Waals surface area contributed by atoms with E-state index in [2.05, 4.69) is 26.0 Å². The molecule has 9 rings (SSSR count). The molecule has 3 aliphatic heterocycles. The van der Waals surface area contributed by atoms with Gasteiger partial charge in [-0.1, -0.05) is 96.0 Å². The lowest BCUT2D eigenvalue weighted by Gasteiger charge is -2.73. The Bertz CT molecular complexity index is 2850. The number of benzene rings is 1. The van der Waals surface area contributed by atoms with Gasteiger partial charge in [0.1, 0.15) is 54.9 Å². The average Bonchev–Trinajstić information content (AvgIpc) is 0.697. The molecule has 7 fully saturated rings. The van der Waals surface area contributed by atoms with Crippen molar-refractivity contribution in [3.8, 4) is 0 Å². The molecule has 90 heavy (non-hydrogen) atoms. The van der Waals surface area contributed by atoms with Crippen molar-refractivity contribution in [2.75, 3.05) is 19.8 Å². The van der Waals surface area contributed by atoms with E-state index in [1.165, 1.54) is 0 Å². The van der Waals surface area contributed by atoms with Gasteiger partial charge in [-0.15, -0.1) is 0 Å². The van der Waals surface area contributed by atoms with E-state index in [4.69, 9.17) is 42.6 Å². The highest BCUT2D eigenvalue weighted by molar-refractivity contribution is 5.90. The molecular weight excluding hydrogens is 1180 g/mol. The van der Waals surface area contributed by atoms with E-state index in [1.54, 1.807) is 43.3 Å². The quantitative estimate of drug-likeness (QED) is 0.0251. The smallest absolute Gasteiger partial charge is 0.338 e. The van der Waals surface area contributed by atoms with Crippen LogP contribution in [-0.2, 0) is 57.0 Å². The molecule has 1 aromatic rings. The minimum Gasteiger partial charge on any atom is -0.479 e. The molecule has 0 aromatic heterocycles. The molecule has 8 aliphatic rings. The fourth-order valence-electron chi connectivity index (χ4n) is 17.6. The molecular formula is C66H96O24. The second-order valence-corrected chi connectivity index (χ2v) is 28.8. The van der Waals surface area contributed by atoms with Crippen molar-refractivity contribution in [2.45, 2.75) is 244 Å². The van der Waals surface area contributed by atoms with Gasteiger partial charge in [0.2, 0.25) is 0 Å². The van der Waals surface area contributed by atoms with Gasteiger partial charge in [0.15, 0.2) is 43.3 Å². The maximum Gasteiger partial charge on any atom is 0.338 e. The maximum atomic E-state index is 14.4. The molecule has 0 unspecified atom stereocenters. The van der Waals surface area contributed by atoms with Gasteiger partial charge in [0.05, 0.1) is 49.1 Å². The lowest BCUT2D eigenvalue weighted by molar-refractivity contribution is -0.383. The predicted molar refractivity (Wildman–Crippen MR) is 316 cm³/mol. The first kappa shape index (κ1) is 70.0. The zero-order valence-corrected chi connectivity index (χ0v) is 53.3. The van der Waals surface area contributed by atoms with Crippen LogP contribution in [0.2, 0.25) is 0 Å². The van der Waals surface area contributed by atoms with Crippen LogP contribution in [0, 0.1) is 50.2 Å². The molecule has 5 aliphatic carbocycles. The first-order chi connectivity index (χ1) is 42.2. The Kier molecular flexibility index (Phi) is 20.6. The van der Waals surface area contributed by atoms with Crippen molar-refractivity contribution < 1.29 is 118 Å². The SMILES string of the molecule is CC(=O)O[C@@H]1[C@@H](O[C@@H]2O[C@H](CO)[C@@H](O)[C@H](O)[C@H]2O)[C@H](O[C@H]2CC[C@]3(C)[C@H]4CC=C5[C@@H]6CC(C)(C)[C@@H](OC(=O)/C(C)=C\CCC=C(C)C)[C@H](OC(=O)c7ccccc7)[C@]6(CO)[C@H](O)[C@H](O)[C@@]5(C)[C@]4(C)CC[C@H]3C2(C)C)O[C@H](C(=O)O)[C@H]1O[C@@H]1O[C@@H](CO)[C@H](O)[C@H]1O. The Balaban J connectivity index is 1.05. The molecule has 504 valence electrons. The molecule has 3 heterocycles. The van der Waals surface area contributed by atoms with Gasteiger partial charge in [-0.3, -0.25) is 4.79 Å². The lowest BCUT2D eigenvalue weighted by Crippen LogP contribution is -2.76. The van der Waals surface area contributed by atoms with Crippen LogP contribution in [0.1, 0.15) is 138 Å². The summed E-state index contributed by atoms with van der Waals surface area (Å²) in [5.74, 6) is -5.15. The first-order valence-corrected chi connectivity index (χ1v) is 31.6. The summed E-state index contributed by atoms with van der Waals surface area (Å²) in [6, 6.07) is 8.27. The largest absolute Gasteiger partial charge is 0.479 e. The Morgan fingerprint density at radius 3 is 1.82 bits per heavy atom. The van der Waals surface area contributed by atoms with Crippen LogP contribution < -0.4 is 0 Å². The van der Waals surface area contributed by atoms with E-state index < -0.39 is 199 Å². The predicted octanol–water partition coefficient (Wildman–Crippen LogP) is 2.91. The summed E-state index contributed by atoms with van der Waals surface area (Å²) in [6.45, 7) is 18.5. The second kappa shape index (κ2) is 26.5. The van der Waals surface area contributed by atoms with E-state index in [0.717, 1.165) is 18.1 Å². The summed E-state index contributed by atoms with van der Waals surface area (Å²) in [6.07, 6.45) is -22.5. The van der Waals surface area contributed by atoms with Crippen molar-refractivity contribution >= 4 is 23.9 Å². The third-order valence-electron chi connectivity index (χ3n) is 22.6. The number of unbranched alkanes of at least 4 members (excludes halogenated alkanes) is 1. The summed E-state index contributed by atoms with van der Waals surface area (Å²) < 4.78 is 55.7. The van der Waals surface area contributed by atoms with Crippen molar-refractivity contribution in [1.82, 2.24) is 0 Å². The highest BCUT2D eigenvalue weighted by Crippen LogP contribution is 2.76. The first-order valence-electron chi connectivity index (χ1n) is 31.6. The van der Waals surface area contributed by atoms with Crippen molar-refractivity contribution in [3.63, 3.8) is 0 Å². The molecule has 24 heteroatoms. The van der Waals surface area contributed by atoms with E-state index in [1.807, 2.05) is 48.5 Å². The molecule has 11 N–H and O–H groups in total. The number of carbonyl (C=O) groups excluding carboxylic acids is 3. The molecule has 0 amide bonds. The van der Waals surface area contributed by atoms with Crippen LogP contribution in [0.15, 0.2) is 65.3 Å². The van der Waals surface area contributed by atoms with Crippen molar-refractivity contribution in [2.24, 2.45) is 50.2 Å². The van der Waals surface area contributed by atoms with Crippen molar-refractivity contribution in [1.29, 1.82) is 0 Å². The fourth-order valence-corrected chi connectivity index (χ4v) is 17.6. The van der Waals surface area contributed by atoms with E-state index in [0.29, 0.717) is 50.5 Å². The number of hydrogen-bond donors (Lipinski definition) is 11. The molecule has 0 spiro atoms. The number of esters is 3. The van der Waals surface area contributed by atoms with Gasteiger partial charge in [-0.25, -0.2) is 14.4 Å². The molecule has 4 saturated carbocycles. The molecule has 3 saturated heterocycles. The van der Waals surface area contributed by atoms with Crippen LogP contribution in [0.3, 0.4) is 0 Å². The number of aliphatic hydroxyl groups excluding tert-OH is 10. The third-order valence-corrected chi connectivity index (χ3v) is 22.6. The van der Waals surface area contributed by atoms with E-state index in [9.17, 15) is 75.3 Å². The Morgan fingerprint density at radius 2 is 1.23 bits per heavy atom. The topological polar surface area (TPSA) is 374 Å². The van der Waals surface area contributed by atoms with Gasteiger partial charge in [-0.2, -0.15) is 0 Å². The summed E-state index contributed by atoms with van der Waals surface area (Å²) in [5, 5.41) is 124. The van der Waals surface area contributed by atoms with Gasteiger partial charge >= 0.3 is 23.9 Å². The van der Waals surface area contributed by atoms with Crippen LogP contribution in [-0.4, -0.2) is 216 Å². The zero-order valence-electron chi connectivity index (χ0n) is 53.3. The van der Waals surface area contributed by atoms with Gasteiger partial charge in [-0.05, 0) is 118 Å². The molecule has 0 radical (unpaired) electrons. The van der Waals surface area contributed by atoms with E-state index >= 15 is 0 Å². The number of aliphatic carboxylic acids is 1. The molecule has 24 nitrogen and oxygen atoms in total. The summed E-state index contributed by atoms with van der Waals surface area (Å²) in [4.78, 5) is 55.1. The number of fused-ring (bicyclic) bond motifs is 7.